The molecule has 2 aromatic rings. The van der Waals surface area contributed by atoms with Crippen LogP contribution in [0.15, 0.2) is 81.3 Å². The highest BCUT2D eigenvalue weighted by Crippen LogP contribution is 2.30. The maximum Gasteiger partial charge on any atom is 0.115 e. The van der Waals surface area contributed by atoms with E-state index < -0.39 is 0 Å². The molecule has 0 aliphatic rings. The standard InChI is InChI=1S/C19H20N4O/c1-5-15(6-2)20-22-18-11-14(4)19(12-13(18)3)23-21-16-7-9-17(24)10-8-16/h5-12,24H,1H2,2-4H3/b15-6+,22-20?,23-21?. The minimum absolute atomic E-state index is 0.204. The van der Waals surface area contributed by atoms with E-state index in [4.69, 9.17) is 0 Å². The molecule has 1 N–H and O–H groups in total. The molecule has 0 saturated carbocycles. The summed E-state index contributed by atoms with van der Waals surface area (Å²) in [7, 11) is 0. The Labute approximate surface area is 141 Å². The lowest BCUT2D eigenvalue weighted by molar-refractivity contribution is 0.475. The summed E-state index contributed by atoms with van der Waals surface area (Å²) in [6.07, 6.45) is 3.50. The monoisotopic (exact) mass is 320 g/mol. The van der Waals surface area contributed by atoms with Gasteiger partial charge in [0.1, 0.15) is 5.75 Å². The summed E-state index contributed by atoms with van der Waals surface area (Å²) in [4.78, 5) is 0. The number of benzene rings is 2. The van der Waals surface area contributed by atoms with Crippen LogP contribution >= 0.6 is 0 Å². The van der Waals surface area contributed by atoms with Gasteiger partial charge in [-0.2, -0.15) is 20.5 Å². The molecule has 0 aliphatic heterocycles. The molecule has 0 unspecified atom stereocenters. The molecule has 122 valence electrons. The van der Waals surface area contributed by atoms with Crippen LogP contribution in [-0.2, 0) is 0 Å². The molecular weight excluding hydrogens is 300 g/mol. The summed E-state index contributed by atoms with van der Waals surface area (Å²) < 4.78 is 0. The Morgan fingerprint density at radius 2 is 1.54 bits per heavy atom. The first-order valence-corrected chi connectivity index (χ1v) is 7.56. The van der Waals surface area contributed by atoms with Gasteiger partial charge in [-0.15, -0.1) is 0 Å². The third-order valence-corrected chi connectivity index (χ3v) is 3.42. The molecule has 0 bridgehead atoms. The Kier molecular flexibility index (Phi) is 5.73. The van der Waals surface area contributed by atoms with E-state index in [0.29, 0.717) is 5.69 Å². The van der Waals surface area contributed by atoms with E-state index in [2.05, 4.69) is 27.0 Å². The third-order valence-electron chi connectivity index (χ3n) is 3.42. The molecule has 0 radical (unpaired) electrons. The number of hydrogen-bond acceptors (Lipinski definition) is 5. The first-order valence-electron chi connectivity index (χ1n) is 7.56. The van der Waals surface area contributed by atoms with Gasteiger partial charge in [-0.05, 0) is 74.4 Å². The number of phenolic OH excluding ortho intramolecular Hbond substituents is 1. The molecular formula is C19H20N4O. The van der Waals surface area contributed by atoms with E-state index in [9.17, 15) is 5.11 Å². The Hall–Kier alpha value is -3.08. The molecule has 0 aliphatic carbocycles. The predicted molar refractivity (Wildman–Crippen MR) is 96.7 cm³/mol. The molecule has 0 atom stereocenters. The van der Waals surface area contributed by atoms with Crippen LogP contribution in [-0.4, -0.2) is 5.11 Å². The van der Waals surface area contributed by atoms with Crippen molar-refractivity contribution in [1.82, 2.24) is 0 Å². The lowest BCUT2D eigenvalue weighted by Gasteiger charge is -2.04. The molecule has 24 heavy (non-hydrogen) atoms. The van der Waals surface area contributed by atoms with Crippen molar-refractivity contribution >= 4 is 17.1 Å². The Balaban J connectivity index is 2.26. The minimum atomic E-state index is 0.204. The van der Waals surface area contributed by atoms with Crippen molar-refractivity contribution in [2.24, 2.45) is 20.5 Å². The van der Waals surface area contributed by atoms with Gasteiger partial charge >= 0.3 is 0 Å². The van der Waals surface area contributed by atoms with Gasteiger partial charge in [0.2, 0.25) is 0 Å². The predicted octanol–water partition coefficient (Wildman–Crippen LogP) is 6.60. The van der Waals surface area contributed by atoms with E-state index in [1.807, 2.05) is 39.0 Å². The first kappa shape index (κ1) is 17.3. The Morgan fingerprint density at radius 1 is 0.958 bits per heavy atom. The van der Waals surface area contributed by atoms with Crippen LogP contribution in [0.4, 0.5) is 17.1 Å². The Bertz CT molecular complexity index is 818. The van der Waals surface area contributed by atoms with Gasteiger partial charge < -0.3 is 5.11 Å². The summed E-state index contributed by atoms with van der Waals surface area (Å²) in [5.74, 6) is 0.204. The first-order chi connectivity index (χ1) is 11.5. The van der Waals surface area contributed by atoms with E-state index in [1.165, 1.54) is 0 Å². The van der Waals surface area contributed by atoms with Gasteiger partial charge in [0.15, 0.2) is 0 Å². The van der Waals surface area contributed by atoms with Gasteiger partial charge in [0.25, 0.3) is 0 Å². The second-order valence-electron chi connectivity index (χ2n) is 5.26. The molecule has 5 nitrogen and oxygen atoms in total. The number of aryl methyl sites for hydroxylation is 2. The van der Waals surface area contributed by atoms with Crippen molar-refractivity contribution in [2.75, 3.05) is 0 Å². The summed E-state index contributed by atoms with van der Waals surface area (Å²) in [5.41, 5.74) is 4.88. The average Bonchev–Trinajstić information content (AvgIpc) is 2.58. The number of allylic oxidation sites excluding steroid dienone is 2. The fraction of sp³-hybridized carbons (Fsp3) is 0.158. The maximum absolute atomic E-state index is 9.28. The topological polar surface area (TPSA) is 69.7 Å². The molecule has 2 aromatic carbocycles. The van der Waals surface area contributed by atoms with Crippen LogP contribution in [0.2, 0.25) is 0 Å². The van der Waals surface area contributed by atoms with Crippen molar-refractivity contribution in [3.05, 3.63) is 72.0 Å². The fourth-order valence-corrected chi connectivity index (χ4v) is 1.96. The zero-order chi connectivity index (χ0) is 17.5. The molecule has 0 fully saturated rings. The minimum Gasteiger partial charge on any atom is -0.508 e. The van der Waals surface area contributed by atoms with E-state index in [-0.39, 0.29) is 5.75 Å². The van der Waals surface area contributed by atoms with Crippen molar-refractivity contribution in [3.63, 3.8) is 0 Å². The lowest BCUT2D eigenvalue weighted by atomic mass is 10.1. The van der Waals surface area contributed by atoms with E-state index >= 15 is 0 Å². The molecule has 0 spiro atoms. The van der Waals surface area contributed by atoms with Gasteiger partial charge in [-0.1, -0.05) is 12.7 Å². The second kappa shape index (κ2) is 7.97. The van der Waals surface area contributed by atoms with Crippen molar-refractivity contribution in [2.45, 2.75) is 20.8 Å². The SMILES string of the molecule is C=C/C(=C\C)N=Nc1cc(C)c(N=Nc2ccc(O)cc2)cc1C. The number of phenols is 1. The molecule has 2 rings (SSSR count). The van der Waals surface area contributed by atoms with Crippen LogP contribution in [0, 0.1) is 13.8 Å². The van der Waals surface area contributed by atoms with E-state index in [1.54, 1.807) is 30.3 Å². The summed E-state index contributed by atoms with van der Waals surface area (Å²) in [6.45, 7) is 9.49. The smallest absolute Gasteiger partial charge is 0.115 e. The van der Waals surface area contributed by atoms with Crippen molar-refractivity contribution < 1.29 is 5.11 Å². The normalized spacial score (nSPS) is 12.2. The highest BCUT2D eigenvalue weighted by molar-refractivity contribution is 5.58. The van der Waals surface area contributed by atoms with Crippen LogP contribution in [0.25, 0.3) is 0 Å². The van der Waals surface area contributed by atoms with Crippen molar-refractivity contribution in [3.8, 4) is 5.75 Å². The molecule has 0 aromatic heterocycles. The number of nitrogens with zero attached hydrogens (tertiary/aromatic N) is 4. The number of hydrogen-bond donors (Lipinski definition) is 1. The lowest BCUT2D eigenvalue weighted by Crippen LogP contribution is -1.80. The summed E-state index contributed by atoms with van der Waals surface area (Å²) in [6, 6.07) is 10.4. The van der Waals surface area contributed by atoms with Gasteiger partial charge in [0.05, 0.1) is 22.8 Å². The summed E-state index contributed by atoms with van der Waals surface area (Å²) in [5, 5.41) is 26.2. The zero-order valence-corrected chi connectivity index (χ0v) is 14.1. The largest absolute Gasteiger partial charge is 0.508 e. The van der Waals surface area contributed by atoms with Crippen LogP contribution in [0.1, 0.15) is 18.1 Å². The summed E-state index contributed by atoms with van der Waals surface area (Å²) >= 11 is 0. The maximum atomic E-state index is 9.28. The van der Waals surface area contributed by atoms with E-state index in [0.717, 1.165) is 28.2 Å². The van der Waals surface area contributed by atoms with Crippen LogP contribution in [0.5, 0.6) is 5.75 Å². The fourth-order valence-electron chi connectivity index (χ4n) is 1.96. The zero-order valence-electron chi connectivity index (χ0n) is 14.1. The number of rotatable bonds is 5. The Morgan fingerprint density at radius 3 is 2.08 bits per heavy atom. The number of aromatic hydroxyl groups is 1. The van der Waals surface area contributed by atoms with Gasteiger partial charge in [-0.25, -0.2) is 0 Å². The molecule has 0 saturated heterocycles. The molecule has 5 heteroatoms. The average molecular weight is 320 g/mol. The molecule has 0 amide bonds. The third kappa shape index (κ3) is 4.46. The second-order valence-corrected chi connectivity index (χ2v) is 5.26. The van der Waals surface area contributed by atoms with Crippen LogP contribution < -0.4 is 0 Å². The van der Waals surface area contributed by atoms with Crippen LogP contribution in [0.3, 0.4) is 0 Å². The highest BCUT2D eigenvalue weighted by atomic mass is 16.3. The van der Waals surface area contributed by atoms with Gasteiger partial charge in [0, 0.05) is 0 Å². The number of azo groups is 2. The van der Waals surface area contributed by atoms with Crippen molar-refractivity contribution in [1.29, 1.82) is 0 Å². The quantitative estimate of drug-likeness (QED) is 0.489. The highest BCUT2D eigenvalue weighted by Gasteiger charge is 2.04. The molecule has 0 heterocycles. The van der Waals surface area contributed by atoms with Gasteiger partial charge in [-0.3, -0.25) is 0 Å².